The van der Waals surface area contributed by atoms with Crippen LogP contribution >= 0.6 is 34.3 Å². The van der Waals surface area contributed by atoms with Gasteiger partial charge < -0.3 is 15.2 Å². The molecule has 2 N–H and O–H groups in total. The van der Waals surface area contributed by atoms with E-state index in [2.05, 4.69) is 24.1 Å². The Kier molecular flexibility index (Phi) is 7.50. The lowest BCUT2D eigenvalue weighted by Crippen LogP contribution is -2.05. The highest BCUT2D eigenvalue weighted by Crippen LogP contribution is 2.38. The highest BCUT2D eigenvalue weighted by Gasteiger charge is 2.19. The van der Waals surface area contributed by atoms with Gasteiger partial charge in [-0.05, 0) is 48.9 Å². The highest BCUT2D eigenvalue weighted by atomic mass is 35.5. The van der Waals surface area contributed by atoms with Crippen molar-refractivity contribution >= 4 is 51.2 Å². The molecule has 6 nitrogen and oxygen atoms in total. The van der Waals surface area contributed by atoms with Crippen molar-refractivity contribution in [1.29, 1.82) is 0 Å². The van der Waals surface area contributed by atoms with Crippen LogP contribution in [-0.2, 0) is 6.42 Å². The van der Waals surface area contributed by atoms with Gasteiger partial charge in [0.05, 0.1) is 17.3 Å². The smallest absolute Gasteiger partial charge is 0.339 e. The van der Waals surface area contributed by atoms with Crippen LogP contribution in [0.1, 0.15) is 36.0 Å². The SMILES string of the molecule is CCOc1cc(-c2nc(Nc3ncc(-c4cccs4)cc3C(=O)O)sc2CC(C)C)ccc1Cl. The molecule has 0 unspecified atom stereocenters. The number of ether oxygens (including phenoxy) is 1. The van der Waals surface area contributed by atoms with Crippen molar-refractivity contribution < 1.29 is 14.6 Å². The van der Waals surface area contributed by atoms with Gasteiger partial charge in [0, 0.05) is 27.1 Å². The third kappa shape index (κ3) is 5.41. The largest absolute Gasteiger partial charge is 0.492 e. The number of halogens is 1. The van der Waals surface area contributed by atoms with E-state index < -0.39 is 5.97 Å². The van der Waals surface area contributed by atoms with Crippen LogP contribution in [0.25, 0.3) is 21.7 Å². The molecule has 0 saturated heterocycles. The maximum atomic E-state index is 12.0. The minimum atomic E-state index is -1.05. The van der Waals surface area contributed by atoms with Crippen molar-refractivity contribution in [2.24, 2.45) is 5.92 Å². The Balaban J connectivity index is 1.71. The van der Waals surface area contributed by atoms with Crippen molar-refractivity contribution in [2.75, 3.05) is 11.9 Å². The molecule has 0 aliphatic carbocycles. The summed E-state index contributed by atoms with van der Waals surface area (Å²) in [5, 5.41) is 16.0. The van der Waals surface area contributed by atoms with Crippen molar-refractivity contribution in [1.82, 2.24) is 9.97 Å². The zero-order valence-corrected chi connectivity index (χ0v) is 21.4. The molecule has 0 radical (unpaired) electrons. The lowest BCUT2D eigenvalue weighted by Gasteiger charge is -2.09. The Morgan fingerprint density at radius 2 is 2.06 bits per heavy atom. The van der Waals surface area contributed by atoms with Crippen molar-refractivity contribution in [3.8, 4) is 27.4 Å². The number of benzene rings is 1. The predicted octanol–water partition coefficient (Wildman–Crippen LogP) is 7.63. The van der Waals surface area contributed by atoms with E-state index in [4.69, 9.17) is 21.3 Å². The van der Waals surface area contributed by atoms with Crippen LogP contribution in [0.4, 0.5) is 10.9 Å². The maximum absolute atomic E-state index is 12.0. The van der Waals surface area contributed by atoms with E-state index in [9.17, 15) is 9.90 Å². The van der Waals surface area contributed by atoms with Crippen LogP contribution in [0, 0.1) is 5.92 Å². The van der Waals surface area contributed by atoms with Crippen LogP contribution in [0.3, 0.4) is 0 Å². The predicted molar refractivity (Wildman–Crippen MR) is 140 cm³/mol. The van der Waals surface area contributed by atoms with E-state index in [0.717, 1.165) is 33.0 Å². The summed E-state index contributed by atoms with van der Waals surface area (Å²) in [7, 11) is 0. The Labute approximate surface area is 211 Å². The summed E-state index contributed by atoms with van der Waals surface area (Å²) in [6, 6.07) is 11.1. The molecule has 4 aromatic rings. The number of pyridine rings is 1. The second-order valence-electron chi connectivity index (χ2n) is 7.99. The Morgan fingerprint density at radius 1 is 1.24 bits per heavy atom. The number of rotatable bonds is 9. The zero-order valence-electron chi connectivity index (χ0n) is 19.0. The fraction of sp³-hybridized carbons (Fsp3) is 0.240. The highest BCUT2D eigenvalue weighted by molar-refractivity contribution is 7.16. The molecule has 9 heteroatoms. The molecule has 0 aliphatic rings. The molecule has 0 amide bonds. The topological polar surface area (TPSA) is 84.3 Å². The average Bonchev–Trinajstić information content (AvgIpc) is 3.46. The normalized spacial score (nSPS) is 11.1. The van der Waals surface area contributed by atoms with Gasteiger partial charge in [-0.25, -0.2) is 14.8 Å². The molecular weight excluding hydrogens is 490 g/mol. The fourth-order valence-electron chi connectivity index (χ4n) is 3.46. The quantitative estimate of drug-likeness (QED) is 0.239. The molecule has 34 heavy (non-hydrogen) atoms. The summed E-state index contributed by atoms with van der Waals surface area (Å²) < 4.78 is 5.66. The van der Waals surface area contributed by atoms with Gasteiger partial charge in [0.1, 0.15) is 17.1 Å². The van der Waals surface area contributed by atoms with E-state index in [-0.39, 0.29) is 11.4 Å². The van der Waals surface area contributed by atoms with Gasteiger partial charge in [0.25, 0.3) is 0 Å². The lowest BCUT2D eigenvalue weighted by atomic mass is 10.0. The van der Waals surface area contributed by atoms with Crippen molar-refractivity contribution in [2.45, 2.75) is 27.2 Å². The molecule has 0 spiro atoms. The third-order valence-electron chi connectivity index (χ3n) is 4.94. The summed E-state index contributed by atoms with van der Waals surface area (Å²) in [4.78, 5) is 23.3. The first-order valence-electron chi connectivity index (χ1n) is 10.8. The number of thiazole rings is 1. The van der Waals surface area contributed by atoms with E-state index in [1.165, 1.54) is 22.7 Å². The number of carboxylic acids is 1. The summed E-state index contributed by atoms with van der Waals surface area (Å²) in [6.07, 6.45) is 2.51. The second-order valence-corrected chi connectivity index (χ2v) is 10.4. The number of aromatic carboxylic acids is 1. The van der Waals surface area contributed by atoms with Gasteiger partial charge in [-0.15, -0.1) is 22.7 Å². The van der Waals surface area contributed by atoms with E-state index in [0.29, 0.717) is 28.4 Å². The first-order chi connectivity index (χ1) is 16.4. The van der Waals surface area contributed by atoms with Gasteiger partial charge in [-0.3, -0.25) is 0 Å². The number of hydrogen-bond donors (Lipinski definition) is 2. The number of hydrogen-bond acceptors (Lipinski definition) is 7. The maximum Gasteiger partial charge on any atom is 0.339 e. The van der Waals surface area contributed by atoms with E-state index >= 15 is 0 Å². The second kappa shape index (κ2) is 10.5. The van der Waals surface area contributed by atoms with Crippen molar-refractivity contribution in [3.63, 3.8) is 0 Å². The Bertz CT molecular complexity index is 1300. The van der Waals surface area contributed by atoms with Gasteiger partial charge >= 0.3 is 5.97 Å². The molecule has 3 heterocycles. The van der Waals surface area contributed by atoms with Crippen LogP contribution in [0.2, 0.25) is 5.02 Å². The third-order valence-corrected chi connectivity index (χ3v) is 7.17. The fourth-order valence-corrected chi connectivity index (χ4v) is 5.54. The molecular formula is C25H24ClN3O3S2. The van der Waals surface area contributed by atoms with Crippen LogP contribution in [-0.4, -0.2) is 27.7 Å². The number of thiophene rings is 1. The molecule has 0 aliphatic heterocycles. The van der Waals surface area contributed by atoms with Crippen LogP contribution in [0.15, 0.2) is 48.0 Å². The van der Waals surface area contributed by atoms with Gasteiger partial charge in [0.15, 0.2) is 5.13 Å². The van der Waals surface area contributed by atoms with E-state index in [1.54, 1.807) is 18.3 Å². The number of aromatic nitrogens is 2. The Morgan fingerprint density at radius 3 is 2.74 bits per heavy atom. The number of carboxylic acid groups (broad SMARTS) is 1. The summed E-state index contributed by atoms with van der Waals surface area (Å²) in [6.45, 7) is 6.72. The number of nitrogens with one attached hydrogen (secondary N) is 1. The van der Waals surface area contributed by atoms with E-state index in [1.807, 2.05) is 36.6 Å². The van der Waals surface area contributed by atoms with Crippen molar-refractivity contribution in [3.05, 3.63) is 63.4 Å². The molecule has 0 atom stereocenters. The van der Waals surface area contributed by atoms with Crippen LogP contribution < -0.4 is 10.1 Å². The average molecular weight is 514 g/mol. The molecule has 3 aromatic heterocycles. The number of carbonyl (C=O) groups is 1. The monoisotopic (exact) mass is 513 g/mol. The first-order valence-corrected chi connectivity index (χ1v) is 12.9. The Hall–Kier alpha value is -2.94. The van der Waals surface area contributed by atoms with Gasteiger partial charge in [-0.1, -0.05) is 37.6 Å². The van der Waals surface area contributed by atoms with Gasteiger partial charge in [0.2, 0.25) is 0 Å². The molecule has 0 bridgehead atoms. The lowest BCUT2D eigenvalue weighted by molar-refractivity contribution is 0.0697. The molecule has 176 valence electrons. The van der Waals surface area contributed by atoms with Crippen LogP contribution in [0.5, 0.6) is 5.75 Å². The number of anilines is 2. The molecule has 4 rings (SSSR count). The standard InChI is InChI=1S/C25H24ClN3O3S2/c1-4-32-19-12-15(7-8-18(19)26)22-21(10-14(2)3)34-25(28-22)29-23-17(24(30)31)11-16(13-27-23)20-6-5-9-33-20/h5-9,11-14H,4,10H2,1-3H3,(H,30,31)(H,27,28,29). The minimum absolute atomic E-state index is 0.0955. The minimum Gasteiger partial charge on any atom is -0.492 e. The molecule has 1 aromatic carbocycles. The molecule has 0 saturated carbocycles. The first kappa shape index (κ1) is 24.2. The number of nitrogens with zero attached hydrogens (tertiary/aromatic N) is 2. The summed E-state index contributed by atoms with van der Waals surface area (Å²) in [5.74, 6) is 0.240. The zero-order chi connectivity index (χ0) is 24.2. The van der Waals surface area contributed by atoms with Gasteiger partial charge in [-0.2, -0.15) is 0 Å². The molecule has 0 fully saturated rings. The summed E-state index contributed by atoms with van der Waals surface area (Å²) >= 11 is 9.31. The summed E-state index contributed by atoms with van der Waals surface area (Å²) in [5.41, 5.74) is 2.58.